The molecule has 0 aromatic heterocycles. The van der Waals surface area contributed by atoms with Gasteiger partial charge in [-0.3, -0.25) is 33.6 Å². The topological polar surface area (TPSA) is 229 Å². The van der Waals surface area contributed by atoms with Crippen LogP contribution >= 0.6 is 0 Å². The van der Waals surface area contributed by atoms with Gasteiger partial charge < -0.3 is 48.4 Å². The smallest absolute Gasteiger partial charge is 0.303 e. The number of hydrogen-bond donors (Lipinski definition) is 1. The number of methoxy groups -OCH3 is 1. The summed E-state index contributed by atoms with van der Waals surface area (Å²) in [6.45, 7) is 6.19. The predicted molar refractivity (Wildman–Crippen MR) is 141 cm³/mol. The summed E-state index contributed by atoms with van der Waals surface area (Å²) >= 11 is 0. The van der Waals surface area contributed by atoms with Crippen LogP contribution in [0.4, 0.5) is 0 Å². The predicted octanol–water partition coefficient (Wildman–Crippen LogP) is -0.772. The largest absolute Gasteiger partial charge is 0.463 e. The quantitative estimate of drug-likeness (QED) is 0.194. The Bertz CT molecular complexity index is 1090. The molecule has 2 fully saturated rings. The molecule has 0 bridgehead atoms. The number of hydrogen-bond acceptors (Lipinski definition) is 16. The molecule has 0 aliphatic carbocycles. The Kier molecular flexibility index (Phi) is 13.6. The SMILES string of the molecule is CO[C@H]1O[C@H](COC(C)=O)[C@@H](O[C@@H]2O[C@H](CC(C)=O)[C@H](OC(C)=O)[C@H](OC(C)=O)[C@H]2OC(C)=O)[C@H](OC(C)=O)[C@@H]1CC(N)=O. The van der Waals surface area contributed by atoms with E-state index in [2.05, 4.69) is 0 Å². The second-order valence-electron chi connectivity index (χ2n) is 10.3. The molecule has 0 aromatic carbocycles. The first-order valence-electron chi connectivity index (χ1n) is 13.6. The van der Waals surface area contributed by atoms with E-state index in [0.717, 1.165) is 34.6 Å². The van der Waals surface area contributed by atoms with Crippen LogP contribution in [0.1, 0.15) is 54.4 Å². The Morgan fingerprint density at radius 1 is 0.591 bits per heavy atom. The summed E-state index contributed by atoms with van der Waals surface area (Å²) < 4.78 is 50.5. The minimum Gasteiger partial charge on any atom is -0.463 e. The van der Waals surface area contributed by atoms with E-state index in [-0.39, 0.29) is 6.42 Å². The minimum absolute atomic E-state index is 0.357. The highest BCUT2D eigenvalue weighted by Crippen LogP contribution is 2.37. The first-order chi connectivity index (χ1) is 20.5. The zero-order valence-corrected chi connectivity index (χ0v) is 25.5. The maximum absolute atomic E-state index is 12.2. The molecular formula is C27H39NO16. The molecule has 2 N–H and O–H groups in total. The van der Waals surface area contributed by atoms with Crippen molar-refractivity contribution >= 4 is 41.5 Å². The third kappa shape index (κ3) is 10.5. The summed E-state index contributed by atoms with van der Waals surface area (Å²) in [5, 5.41) is 0. The summed E-state index contributed by atoms with van der Waals surface area (Å²) in [4.78, 5) is 84.5. The van der Waals surface area contributed by atoms with Crippen LogP contribution in [-0.4, -0.2) is 111 Å². The molecule has 10 atom stereocenters. The van der Waals surface area contributed by atoms with Crippen molar-refractivity contribution in [3.05, 3.63) is 0 Å². The first kappa shape index (κ1) is 36.5. The van der Waals surface area contributed by atoms with E-state index >= 15 is 0 Å². The summed E-state index contributed by atoms with van der Waals surface area (Å²) in [6, 6.07) is 0. The Morgan fingerprint density at radius 2 is 1.09 bits per heavy atom. The van der Waals surface area contributed by atoms with Crippen LogP contribution in [0.2, 0.25) is 0 Å². The second kappa shape index (κ2) is 16.4. The van der Waals surface area contributed by atoms with E-state index in [0.29, 0.717) is 0 Å². The van der Waals surface area contributed by atoms with Gasteiger partial charge in [-0.2, -0.15) is 0 Å². The molecule has 0 aromatic rings. The molecule has 2 aliphatic rings. The number of carbonyl (C=O) groups is 7. The lowest BCUT2D eigenvalue weighted by molar-refractivity contribution is -0.352. The summed E-state index contributed by atoms with van der Waals surface area (Å²) in [6.07, 6.45) is -13.6. The number of ether oxygens (including phenoxy) is 9. The number of primary amides is 1. The molecule has 2 aliphatic heterocycles. The number of ketones is 1. The van der Waals surface area contributed by atoms with Crippen LogP contribution in [0.15, 0.2) is 0 Å². The fourth-order valence-electron chi connectivity index (χ4n) is 5.05. The van der Waals surface area contributed by atoms with Crippen molar-refractivity contribution in [2.75, 3.05) is 13.7 Å². The van der Waals surface area contributed by atoms with E-state index in [1.807, 2.05) is 0 Å². The van der Waals surface area contributed by atoms with E-state index in [9.17, 15) is 33.6 Å². The molecule has 0 spiro atoms. The Morgan fingerprint density at radius 3 is 1.57 bits per heavy atom. The molecule has 17 nitrogen and oxygen atoms in total. The standard InChI is InChI=1S/C27H39NO16/c1-11(29)8-18-22(39-14(4)32)24(40-15(5)33)25(41-16(6)34)27(42-18)44-23-19(10-37-12(2)30)43-26(36-7)17(9-20(28)35)21(23)38-13(3)31/h17-19,21-27H,8-10H2,1-7H3,(H2,28,35)/t17-,18+,19+,21+,22-,23+,24-,25+,26-,27-/m0/s1. The summed E-state index contributed by atoms with van der Waals surface area (Å²) in [5.41, 5.74) is 5.45. The molecule has 2 rings (SSSR count). The highest BCUT2D eigenvalue weighted by atomic mass is 16.8. The van der Waals surface area contributed by atoms with Crippen LogP contribution in [0.25, 0.3) is 0 Å². The maximum Gasteiger partial charge on any atom is 0.303 e. The van der Waals surface area contributed by atoms with Gasteiger partial charge in [0.15, 0.2) is 30.9 Å². The van der Waals surface area contributed by atoms with Crippen LogP contribution in [0.3, 0.4) is 0 Å². The lowest BCUT2D eigenvalue weighted by Crippen LogP contribution is -2.65. The van der Waals surface area contributed by atoms with Gasteiger partial charge in [-0.25, -0.2) is 0 Å². The monoisotopic (exact) mass is 633 g/mol. The Balaban J connectivity index is 2.69. The van der Waals surface area contributed by atoms with Gasteiger partial charge in [-0.05, 0) is 6.92 Å². The van der Waals surface area contributed by atoms with Gasteiger partial charge in [0.25, 0.3) is 0 Å². The molecular weight excluding hydrogens is 594 g/mol. The van der Waals surface area contributed by atoms with Crippen molar-refractivity contribution in [2.24, 2.45) is 11.7 Å². The first-order valence-corrected chi connectivity index (χ1v) is 13.6. The third-order valence-electron chi connectivity index (χ3n) is 6.47. The molecule has 0 unspecified atom stereocenters. The van der Waals surface area contributed by atoms with Crippen molar-refractivity contribution < 1.29 is 76.2 Å². The number of amides is 1. The maximum atomic E-state index is 12.2. The average Bonchev–Trinajstić information content (AvgIpc) is 2.87. The van der Waals surface area contributed by atoms with Crippen molar-refractivity contribution in [3.63, 3.8) is 0 Å². The van der Waals surface area contributed by atoms with E-state index in [1.54, 1.807) is 0 Å². The number of Topliss-reactive ketones (excluding diaryl/α,β-unsaturated/α-hetero) is 1. The van der Waals surface area contributed by atoms with Gasteiger partial charge in [-0.15, -0.1) is 0 Å². The second-order valence-corrected chi connectivity index (χ2v) is 10.3. The fourth-order valence-corrected chi connectivity index (χ4v) is 5.05. The number of rotatable bonds is 13. The third-order valence-corrected chi connectivity index (χ3v) is 6.47. The minimum atomic E-state index is -1.70. The zero-order valence-electron chi connectivity index (χ0n) is 25.5. The highest BCUT2D eigenvalue weighted by Gasteiger charge is 2.56. The van der Waals surface area contributed by atoms with Gasteiger partial charge in [0.1, 0.15) is 36.8 Å². The molecule has 248 valence electrons. The molecule has 44 heavy (non-hydrogen) atoms. The number of esters is 5. The van der Waals surface area contributed by atoms with Gasteiger partial charge in [0.2, 0.25) is 5.91 Å². The van der Waals surface area contributed by atoms with E-state index < -0.39 is 116 Å². The molecule has 0 saturated carbocycles. The van der Waals surface area contributed by atoms with Crippen molar-refractivity contribution in [3.8, 4) is 0 Å². The zero-order chi connectivity index (χ0) is 33.3. The van der Waals surface area contributed by atoms with Crippen LogP contribution < -0.4 is 5.73 Å². The molecule has 0 radical (unpaired) electrons. The molecule has 1 amide bonds. The highest BCUT2D eigenvalue weighted by molar-refractivity contribution is 5.76. The van der Waals surface area contributed by atoms with Crippen molar-refractivity contribution in [1.29, 1.82) is 0 Å². The van der Waals surface area contributed by atoms with Gasteiger partial charge in [0, 0.05) is 54.6 Å². The van der Waals surface area contributed by atoms with E-state index in [4.69, 9.17) is 48.4 Å². The molecule has 2 saturated heterocycles. The summed E-state index contributed by atoms with van der Waals surface area (Å²) in [5.74, 6) is -6.32. The normalized spacial score (nSPS) is 31.6. The van der Waals surface area contributed by atoms with E-state index in [1.165, 1.54) is 14.0 Å². The Labute approximate surface area is 253 Å². The molecule has 17 heteroatoms. The number of nitrogens with two attached hydrogens (primary N) is 1. The Hall–Kier alpha value is -3.67. The van der Waals surface area contributed by atoms with Crippen LogP contribution in [-0.2, 0) is 76.2 Å². The van der Waals surface area contributed by atoms with Crippen LogP contribution in [0.5, 0.6) is 0 Å². The lowest BCUT2D eigenvalue weighted by Gasteiger charge is -2.49. The lowest BCUT2D eigenvalue weighted by atomic mass is 9.87. The van der Waals surface area contributed by atoms with Crippen LogP contribution in [0, 0.1) is 5.92 Å². The number of carbonyl (C=O) groups excluding carboxylic acids is 7. The van der Waals surface area contributed by atoms with Gasteiger partial charge in [-0.1, -0.05) is 0 Å². The van der Waals surface area contributed by atoms with Gasteiger partial charge >= 0.3 is 29.8 Å². The fraction of sp³-hybridized carbons (Fsp3) is 0.741. The molecule has 2 heterocycles. The average molecular weight is 634 g/mol. The van der Waals surface area contributed by atoms with Crippen molar-refractivity contribution in [2.45, 2.75) is 110 Å². The summed E-state index contributed by atoms with van der Waals surface area (Å²) in [7, 11) is 1.26. The van der Waals surface area contributed by atoms with Gasteiger partial charge in [0.05, 0.1) is 5.92 Å². The van der Waals surface area contributed by atoms with Crippen molar-refractivity contribution in [1.82, 2.24) is 0 Å².